The lowest BCUT2D eigenvalue weighted by atomic mass is 9.77. The molecule has 0 spiro atoms. The summed E-state index contributed by atoms with van der Waals surface area (Å²) in [7, 11) is 2.65. The molecular formula is C25H23ClFNO6. The standard InChI is InChI=1S/C25H23ClFNO6/c1-31-19-11-14(10-15(26)23(19)33-12-13-6-3-4-7-16(13)27)20-21-17(29)8-5-9-18(21)34-24(28)22(20)25(30)32-2/h3-4,6-7,10-11,20H,5,8-9,12,28H2,1-2H3/t20-/m1/s1. The lowest BCUT2D eigenvalue weighted by Gasteiger charge is -2.32. The van der Waals surface area contributed by atoms with Crippen molar-refractivity contribution in [2.75, 3.05) is 14.2 Å². The highest BCUT2D eigenvalue weighted by atomic mass is 35.5. The van der Waals surface area contributed by atoms with Gasteiger partial charge in [-0.3, -0.25) is 4.79 Å². The number of ketones is 1. The third-order valence-corrected chi connectivity index (χ3v) is 6.09. The van der Waals surface area contributed by atoms with Crippen molar-refractivity contribution < 1.29 is 32.9 Å². The molecule has 0 saturated heterocycles. The van der Waals surface area contributed by atoms with Crippen molar-refractivity contribution in [1.29, 1.82) is 0 Å². The van der Waals surface area contributed by atoms with E-state index in [0.29, 0.717) is 41.7 Å². The number of hydrogen-bond acceptors (Lipinski definition) is 7. The highest BCUT2D eigenvalue weighted by molar-refractivity contribution is 6.32. The second-order valence-corrected chi connectivity index (χ2v) is 8.24. The summed E-state index contributed by atoms with van der Waals surface area (Å²) in [6.45, 7) is -0.0760. The van der Waals surface area contributed by atoms with Crippen LogP contribution in [0.3, 0.4) is 0 Å². The average Bonchev–Trinajstić information content (AvgIpc) is 2.82. The first-order chi connectivity index (χ1) is 16.3. The molecule has 7 nitrogen and oxygen atoms in total. The Morgan fingerprint density at radius 1 is 1.24 bits per heavy atom. The molecule has 4 rings (SSSR count). The summed E-state index contributed by atoms with van der Waals surface area (Å²) < 4.78 is 35.9. The van der Waals surface area contributed by atoms with Crippen LogP contribution < -0.4 is 15.2 Å². The van der Waals surface area contributed by atoms with Crippen LogP contribution in [0.4, 0.5) is 4.39 Å². The van der Waals surface area contributed by atoms with Crippen LogP contribution in [0.1, 0.15) is 36.3 Å². The van der Waals surface area contributed by atoms with Crippen LogP contribution in [0.2, 0.25) is 5.02 Å². The molecule has 0 saturated carbocycles. The number of esters is 1. The maximum absolute atomic E-state index is 14.0. The van der Waals surface area contributed by atoms with Crippen molar-refractivity contribution in [3.63, 3.8) is 0 Å². The number of ether oxygens (including phenoxy) is 4. The van der Waals surface area contributed by atoms with Crippen molar-refractivity contribution >= 4 is 23.4 Å². The highest BCUT2D eigenvalue weighted by Gasteiger charge is 2.41. The molecule has 178 valence electrons. The van der Waals surface area contributed by atoms with E-state index < -0.39 is 17.7 Å². The van der Waals surface area contributed by atoms with E-state index in [1.807, 2.05) is 0 Å². The maximum atomic E-state index is 14.0. The molecule has 0 unspecified atom stereocenters. The molecule has 2 N–H and O–H groups in total. The summed E-state index contributed by atoms with van der Waals surface area (Å²) in [4.78, 5) is 25.5. The van der Waals surface area contributed by atoms with Gasteiger partial charge in [-0.05, 0) is 30.2 Å². The van der Waals surface area contributed by atoms with Gasteiger partial charge in [0.15, 0.2) is 17.3 Å². The molecule has 0 amide bonds. The van der Waals surface area contributed by atoms with Crippen molar-refractivity contribution in [3.05, 3.63) is 81.2 Å². The number of carbonyl (C=O) groups is 2. The minimum absolute atomic E-state index is 0.00893. The molecule has 1 aliphatic heterocycles. The Morgan fingerprint density at radius 3 is 2.71 bits per heavy atom. The SMILES string of the molecule is COC(=O)C1=C(N)OC2=C(C(=O)CCC2)[C@H]1c1cc(Cl)c(OCc2ccccc2F)c(OC)c1. The van der Waals surface area contributed by atoms with Gasteiger partial charge in [0, 0.05) is 24.0 Å². The molecule has 1 heterocycles. The van der Waals surface area contributed by atoms with Crippen LogP contribution in [-0.2, 0) is 25.7 Å². The Bertz CT molecular complexity index is 1220. The fourth-order valence-electron chi connectivity index (χ4n) is 4.21. The van der Waals surface area contributed by atoms with Gasteiger partial charge in [0.1, 0.15) is 23.8 Å². The first kappa shape index (κ1) is 23.6. The van der Waals surface area contributed by atoms with E-state index in [2.05, 4.69) is 0 Å². The quantitative estimate of drug-likeness (QED) is 0.598. The second kappa shape index (κ2) is 9.77. The van der Waals surface area contributed by atoms with E-state index in [-0.39, 0.29) is 40.4 Å². The lowest BCUT2D eigenvalue weighted by molar-refractivity contribution is -0.136. The molecule has 9 heteroatoms. The van der Waals surface area contributed by atoms with Crippen molar-refractivity contribution in [2.45, 2.75) is 31.8 Å². The minimum atomic E-state index is -0.851. The maximum Gasteiger partial charge on any atom is 0.340 e. The van der Waals surface area contributed by atoms with Crippen LogP contribution >= 0.6 is 11.6 Å². The molecular weight excluding hydrogens is 465 g/mol. The fourth-order valence-corrected chi connectivity index (χ4v) is 4.48. The van der Waals surface area contributed by atoms with Crippen LogP contribution in [0, 0.1) is 5.82 Å². The van der Waals surface area contributed by atoms with Gasteiger partial charge in [-0.2, -0.15) is 0 Å². The number of halogens is 2. The van der Waals surface area contributed by atoms with E-state index in [1.165, 1.54) is 20.3 Å². The van der Waals surface area contributed by atoms with E-state index in [9.17, 15) is 14.0 Å². The lowest BCUT2D eigenvalue weighted by Crippen LogP contribution is -2.31. The smallest absolute Gasteiger partial charge is 0.340 e. The third kappa shape index (κ3) is 4.33. The Hall–Kier alpha value is -3.52. The van der Waals surface area contributed by atoms with E-state index in [4.69, 9.17) is 36.3 Å². The molecule has 2 aliphatic rings. The number of benzene rings is 2. The van der Waals surface area contributed by atoms with Crippen LogP contribution in [0.15, 0.2) is 59.2 Å². The van der Waals surface area contributed by atoms with Crippen LogP contribution in [0.25, 0.3) is 0 Å². The second-order valence-electron chi connectivity index (χ2n) is 7.83. The number of allylic oxidation sites excluding steroid dienone is 2. The number of hydrogen-bond donors (Lipinski definition) is 1. The van der Waals surface area contributed by atoms with Gasteiger partial charge in [-0.1, -0.05) is 29.8 Å². The fraction of sp³-hybridized carbons (Fsp3) is 0.280. The van der Waals surface area contributed by atoms with Crippen molar-refractivity contribution in [1.82, 2.24) is 0 Å². The van der Waals surface area contributed by atoms with Gasteiger partial charge in [-0.15, -0.1) is 0 Å². The molecule has 1 atom stereocenters. The molecule has 2 aromatic rings. The highest BCUT2D eigenvalue weighted by Crippen LogP contribution is 2.47. The zero-order valence-electron chi connectivity index (χ0n) is 18.7. The molecule has 0 fully saturated rings. The van der Waals surface area contributed by atoms with Gasteiger partial charge < -0.3 is 24.7 Å². The normalized spacial score (nSPS) is 17.8. The number of Topliss-reactive ketones (excluding diaryl/α,β-unsaturated/α-hetero) is 1. The molecule has 0 radical (unpaired) electrons. The summed E-state index contributed by atoms with van der Waals surface area (Å²) >= 11 is 6.55. The first-order valence-electron chi connectivity index (χ1n) is 10.6. The predicted octanol–water partition coefficient (Wildman–Crippen LogP) is 4.53. The van der Waals surface area contributed by atoms with Gasteiger partial charge >= 0.3 is 5.97 Å². The van der Waals surface area contributed by atoms with E-state index >= 15 is 0 Å². The minimum Gasteiger partial charge on any atom is -0.493 e. The van der Waals surface area contributed by atoms with Crippen LogP contribution in [-0.4, -0.2) is 26.0 Å². The first-order valence-corrected chi connectivity index (χ1v) is 11.0. The van der Waals surface area contributed by atoms with Gasteiger partial charge in [0.2, 0.25) is 5.88 Å². The van der Waals surface area contributed by atoms with Crippen molar-refractivity contribution in [2.24, 2.45) is 5.73 Å². The number of rotatable bonds is 6. The van der Waals surface area contributed by atoms with Gasteiger partial charge in [0.05, 0.1) is 25.2 Å². The van der Waals surface area contributed by atoms with E-state index in [0.717, 1.165) is 0 Å². The zero-order valence-corrected chi connectivity index (χ0v) is 19.4. The number of nitrogens with two attached hydrogens (primary N) is 1. The Morgan fingerprint density at radius 2 is 2.00 bits per heavy atom. The van der Waals surface area contributed by atoms with Gasteiger partial charge in [0.25, 0.3) is 0 Å². The zero-order chi connectivity index (χ0) is 24.4. The number of methoxy groups -OCH3 is 2. The average molecular weight is 488 g/mol. The van der Waals surface area contributed by atoms with E-state index in [1.54, 1.807) is 30.3 Å². The molecule has 0 bridgehead atoms. The van der Waals surface area contributed by atoms with Gasteiger partial charge in [-0.25, -0.2) is 9.18 Å². The topological polar surface area (TPSA) is 97.1 Å². The Kier molecular flexibility index (Phi) is 6.79. The molecule has 0 aromatic heterocycles. The van der Waals surface area contributed by atoms with Crippen molar-refractivity contribution in [3.8, 4) is 11.5 Å². The summed E-state index contributed by atoms with van der Waals surface area (Å²) in [5.74, 6) is -1.37. The summed E-state index contributed by atoms with van der Waals surface area (Å²) in [6, 6.07) is 9.41. The summed E-state index contributed by atoms with van der Waals surface area (Å²) in [6.07, 6.45) is 1.46. The predicted molar refractivity (Wildman–Crippen MR) is 122 cm³/mol. The largest absolute Gasteiger partial charge is 0.493 e. The summed E-state index contributed by atoms with van der Waals surface area (Å²) in [5, 5.41) is 0.158. The molecule has 34 heavy (non-hydrogen) atoms. The Labute approximate surface area is 200 Å². The molecule has 1 aliphatic carbocycles. The number of carbonyl (C=O) groups excluding carboxylic acids is 2. The Balaban J connectivity index is 1.78. The molecule has 2 aromatic carbocycles. The third-order valence-electron chi connectivity index (χ3n) is 5.80. The summed E-state index contributed by atoms with van der Waals surface area (Å²) in [5.41, 5.74) is 7.27. The monoisotopic (exact) mass is 487 g/mol. The van der Waals surface area contributed by atoms with Crippen LogP contribution in [0.5, 0.6) is 11.5 Å².